The number of fused-ring (bicyclic) bond motifs is 6. The molecule has 0 spiro atoms. The Labute approximate surface area is 102 Å². The molecule has 3 aromatic heterocycles. The molecule has 0 bridgehead atoms. The number of hydrogen-bond donors (Lipinski definition) is 0. The maximum absolute atomic E-state index is 4.47. The Bertz CT molecular complexity index is 901. The fraction of sp³-hybridized carbons (Fsp3) is 0.167. The zero-order chi connectivity index (χ0) is 12.3. The lowest BCUT2D eigenvalue weighted by atomic mass is 10.2. The topological polar surface area (TPSA) is 60.4 Å². The van der Waals surface area contributed by atoms with E-state index in [4.69, 9.17) is 0 Å². The molecule has 0 aliphatic heterocycles. The van der Waals surface area contributed by atoms with Gasteiger partial charge in [-0.2, -0.15) is 4.52 Å². The number of hydrogen-bond acceptors (Lipinski definition) is 4. The number of rotatable bonds is 0. The fourth-order valence-electron chi connectivity index (χ4n) is 2.36. The van der Waals surface area contributed by atoms with Crippen molar-refractivity contribution in [3.63, 3.8) is 0 Å². The molecular weight excluding hydrogens is 228 g/mol. The zero-order valence-electron chi connectivity index (χ0n) is 9.99. The third-order valence-corrected chi connectivity index (χ3v) is 3.10. The predicted molar refractivity (Wildman–Crippen MR) is 66.5 cm³/mol. The quantitative estimate of drug-likeness (QED) is 0.466. The van der Waals surface area contributed by atoms with Gasteiger partial charge in [-0.3, -0.25) is 4.40 Å². The summed E-state index contributed by atoms with van der Waals surface area (Å²) in [5.41, 5.74) is 1.87. The zero-order valence-corrected chi connectivity index (χ0v) is 9.99. The summed E-state index contributed by atoms with van der Waals surface area (Å²) >= 11 is 0. The van der Waals surface area contributed by atoms with Crippen molar-refractivity contribution in [2.75, 3.05) is 0 Å². The van der Waals surface area contributed by atoms with E-state index >= 15 is 0 Å². The number of para-hydroxylation sites is 1. The molecule has 0 saturated heterocycles. The van der Waals surface area contributed by atoms with Crippen molar-refractivity contribution >= 4 is 22.3 Å². The summed E-state index contributed by atoms with van der Waals surface area (Å²) < 4.78 is 3.74. The van der Waals surface area contributed by atoms with Crippen molar-refractivity contribution in [2.24, 2.45) is 0 Å². The van der Waals surface area contributed by atoms with E-state index < -0.39 is 0 Å². The molecule has 0 aliphatic rings. The van der Waals surface area contributed by atoms with Gasteiger partial charge in [0.2, 0.25) is 0 Å². The van der Waals surface area contributed by atoms with Gasteiger partial charge in [0, 0.05) is 5.39 Å². The van der Waals surface area contributed by atoms with Crippen molar-refractivity contribution in [3.8, 4) is 0 Å². The predicted octanol–water partition coefficient (Wildman–Crippen LogP) is 1.54. The van der Waals surface area contributed by atoms with Crippen LogP contribution in [0.2, 0.25) is 0 Å². The largest absolute Gasteiger partial charge is 0.263 e. The van der Waals surface area contributed by atoms with Gasteiger partial charge in [-0.15, -0.1) is 15.3 Å². The second kappa shape index (κ2) is 3.04. The number of benzene rings is 1. The second-order valence-corrected chi connectivity index (χ2v) is 4.29. The average Bonchev–Trinajstić information content (AvgIpc) is 2.93. The number of aromatic nitrogens is 6. The van der Waals surface area contributed by atoms with E-state index in [1.165, 1.54) is 0 Å². The van der Waals surface area contributed by atoms with Gasteiger partial charge in [-0.25, -0.2) is 4.98 Å². The second-order valence-electron chi connectivity index (χ2n) is 4.29. The van der Waals surface area contributed by atoms with Crippen molar-refractivity contribution in [3.05, 3.63) is 35.9 Å². The third-order valence-electron chi connectivity index (χ3n) is 3.10. The Morgan fingerprint density at radius 2 is 1.89 bits per heavy atom. The molecule has 18 heavy (non-hydrogen) atoms. The molecule has 4 rings (SSSR count). The summed E-state index contributed by atoms with van der Waals surface area (Å²) in [7, 11) is 0. The van der Waals surface area contributed by atoms with Crippen LogP contribution < -0.4 is 0 Å². The first-order chi connectivity index (χ1) is 8.75. The highest BCUT2D eigenvalue weighted by Crippen LogP contribution is 2.21. The maximum atomic E-state index is 4.47. The van der Waals surface area contributed by atoms with Crippen molar-refractivity contribution < 1.29 is 0 Å². The molecule has 0 aliphatic carbocycles. The van der Waals surface area contributed by atoms with Crippen LogP contribution in [0.15, 0.2) is 24.3 Å². The first-order valence-corrected chi connectivity index (χ1v) is 5.71. The van der Waals surface area contributed by atoms with Crippen LogP contribution in [0, 0.1) is 13.8 Å². The summed E-state index contributed by atoms with van der Waals surface area (Å²) in [6.45, 7) is 3.81. The molecule has 0 atom stereocenters. The van der Waals surface area contributed by atoms with Crippen LogP contribution >= 0.6 is 0 Å². The fourth-order valence-corrected chi connectivity index (χ4v) is 2.36. The van der Waals surface area contributed by atoms with Crippen molar-refractivity contribution in [2.45, 2.75) is 13.8 Å². The van der Waals surface area contributed by atoms with Crippen LogP contribution in [0.1, 0.15) is 11.6 Å². The summed E-state index contributed by atoms with van der Waals surface area (Å²) in [4.78, 5) is 4.47. The summed E-state index contributed by atoms with van der Waals surface area (Å²) in [6, 6.07) is 8.08. The van der Waals surface area contributed by atoms with Crippen LogP contribution in [0.4, 0.5) is 0 Å². The maximum Gasteiger partial charge on any atom is 0.258 e. The van der Waals surface area contributed by atoms with E-state index in [0.717, 1.165) is 28.2 Å². The third kappa shape index (κ3) is 1.02. The molecule has 0 fully saturated rings. The van der Waals surface area contributed by atoms with E-state index in [-0.39, 0.29) is 0 Å². The van der Waals surface area contributed by atoms with Gasteiger partial charge in [0.1, 0.15) is 11.6 Å². The van der Waals surface area contributed by atoms with Gasteiger partial charge in [-0.05, 0) is 26.0 Å². The molecule has 0 amide bonds. The Morgan fingerprint density at radius 3 is 2.78 bits per heavy atom. The van der Waals surface area contributed by atoms with E-state index in [2.05, 4.69) is 20.3 Å². The number of nitrogens with zero attached hydrogens (tertiary/aromatic N) is 6. The standard InChI is InChI=1S/C12H10N6/c1-7-13-11-9-5-3-4-6-10(9)17-8(2)14-15-12(17)18(11)16-7/h3-6H,1-2H3. The van der Waals surface area contributed by atoms with E-state index in [1.54, 1.807) is 4.52 Å². The molecule has 88 valence electrons. The monoisotopic (exact) mass is 238 g/mol. The minimum absolute atomic E-state index is 0.696. The molecule has 6 heteroatoms. The Hall–Kier alpha value is -2.50. The molecular formula is C12H10N6. The summed E-state index contributed by atoms with van der Waals surface area (Å²) in [5, 5.41) is 13.7. The van der Waals surface area contributed by atoms with E-state index in [9.17, 15) is 0 Å². The molecule has 0 N–H and O–H groups in total. The minimum Gasteiger partial charge on any atom is -0.263 e. The molecule has 0 radical (unpaired) electrons. The summed E-state index contributed by atoms with van der Waals surface area (Å²) in [5.74, 6) is 2.27. The highest BCUT2D eigenvalue weighted by Gasteiger charge is 2.14. The van der Waals surface area contributed by atoms with Crippen LogP contribution in [0.3, 0.4) is 0 Å². The molecule has 4 aromatic rings. The lowest BCUT2D eigenvalue weighted by Gasteiger charge is -2.04. The molecule has 6 nitrogen and oxygen atoms in total. The van der Waals surface area contributed by atoms with Gasteiger partial charge in [0.05, 0.1) is 5.52 Å². The Kier molecular flexibility index (Phi) is 1.61. The van der Waals surface area contributed by atoms with Crippen LogP contribution in [0.25, 0.3) is 22.3 Å². The minimum atomic E-state index is 0.696. The lowest BCUT2D eigenvalue weighted by molar-refractivity contribution is 0.917. The van der Waals surface area contributed by atoms with Gasteiger partial charge >= 0.3 is 0 Å². The molecule has 0 saturated carbocycles. The van der Waals surface area contributed by atoms with E-state index in [1.807, 2.05) is 42.5 Å². The normalized spacial score (nSPS) is 11.9. The highest BCUT2D eigenvalue weighted by atomic mass is 15.4. The van der Waals surface area contributed by atoms with Crippen LogP contribution in [-0.4, -0.2) is 29.2 Å². The SMILES string of the molecule is Cc1nc2c3ccccc3n3c(C)nnc3n2n1. The van der Waals surface area contributed by atoms with Gasteiger partial charge in [-0.1, -0.05) is 12.1 Å². The van der Waals surface area contributed by atoms with Crippen LogP contribution in [-0.2, 0) is 0 Å². The van der Waals surface area contributed by atoms with Gasteiger partial charge in [0.25, 0.3) is 5.78 Å². The summed E-state index contributed by atoms with van der Waals surface area (Å²) in [6.07, 6.45) is 0. The smallest absolute Gasteiger partial charge is 0.258 e. The number of aryl methyl sites for hydroxylation is 2. The highest BCUT2D eigenvalue weighted by molar-refractivity contribution is 5.93. The van der Waals surface area contributed by atoms with Gasteiger partial charge in [0.15, 0.2) is 5.65 Å². The molecule has 0 unspecified atom stereocenters. The molecule has 3 heterocycles. The average molecular weight is 238 g/mol. The van der Waals surface area contributed by atoms with Gasteiger partial charge < -0.3 is 0 Å². The first kappa shape index (κ1) is 9.52. The lowest BCUT2D eigenvalue weighted by Crippen LogP contribution is -2.00. The van der Waals surface area contributed by atoms with Crippen molar-refractivity contribution in [1.29, 1.82) is 0 Å². The Balaban J connectivity index is 2.47. The molecule has 1 aromatic carbocycles. The Morgan fingerprint density at radius 1 is 1.06 bits per heavy atom. The van der Waals surface area contributed by atoms with E-state index in [0.29, 0.717) is 5.78 Å². The van der Waals surface area contributed by atoms with Crippen LogP contribution in [0.5, 0.6) is 0 Å². The first-order valence-electron chi connectivity index (χ1n) is 5.71. The van der Waals surface area contributed by atoms with Crippen molar-refractivity contribution in [1.82, 2.24) is 29.2 Å².